The molecular weight excluding hydrogens is 308 g/mol. The summed E-state index contributed by atoms with van der Waals surface area (Å²) in [5.74, 6) is 3.93. The summed E-state index contributed by atoms with van der Waals surface area (Å²) >= 11 is 0. The Labute approximate surface area is 154 Å². The maximum Gasteiger partial charge on any atom is 0.133 e. The zero-order valence-electron chi connectivity index (χ0n) is 16.8. The first-order valence-corrected chi connectivity index (χ1v) is 11.0. The van der Waals surface area contributed by atoms with Crippen molar-refractivity contribution in [1.82, 2.24) is 0 Å². The average Bonchev–Trinajstić information content (AvgIpc) is 2.91. The van der Waals surface area contributed by atoms with Gasteiger partial charge in [0.2, 0.25) is 0 Å². The minimum atomic E-state index is -0.438. The number of ketones is 1. The van der Waals surface area contributed by atoms with Crippen molar-refractivity contribution in [2.75, 3.05) is 0 Å². The monoisotopic (exact) mass is 346 g/mol. The van der Waals surface area contributed by atoms with Crippen molar-refractivity contribution in [1.29, 1.82) is 0 Å². The molecule has 0 aromatic heterocycles. The standard InChI is InChI=1S/C23H38O2/c1-5-23-13-12-21(3,25)14-16(23)6-7-17-19-9-8-18(15(2)24)22(19,4)11-10-20(17)23/h16-20,25H,5-14H2,1-4H3/t16-,17-,18+,19-,20-,21+,22+,23-/m0/s1. The topological polar surface area (TPSA) is 37.3 Å². The molecule has 0 aromatic rings. The van der Waals surface area contributed by atoms with Crippen LogP contribution in [0, 0.1) is 40.4 Å². The summed E-state index contributed by atoms with van der Waals surface area (Å²) in [6, 6.07) is 0. The molecule has 1 N–H and O–H groups in total. The predicted octanol–water partition coefficient (Wildman–Crippen LogP) is 5.38. The molecule has 0 unspecified atom stereocenters. The quantitative estimate of drug-likeness (QED) is 0.729. The van der Waals surface area contributed by atoms with Crippen LogP contribution in [0.1, 0.15) is 91.9 Å². The van der Waals surface area contributed by atoms with Crippen molar-refractivity contribution in [2.24, 2.45) is 40.4 Å². The van der Waals surface area contributed by atoms with E-state index in [-0.39, 0.29) is 5.41 Å². The van der Waals surface area contributed by atoms with Crippen LogP contribution < -0.4 is 0 Å². The molecule has 0 saturated heterocycles. The second-order valence-corrected chi connectivity index (χ2v) is 10.7. The second-order valence-electron chi connectivity index (χ2n) is 10.7. The van der Waals surface area contributed by atoms with Gasteiger partial charge >= 0.3 is 0 Å². The third-order valence-electron chi connectivity index (χ3n) is 9.80. The van der Waals surface area contributed by atoms with Crippen molar-refractivity contribution in [3.05, 3.63) is 0 Å². The smallest absolute Gasteiger partial charge is 0.133 e. The number of carbonyl (C=O) groups excluding carboxylic acids is 1. The SMILES string of the molecule is CC[C@]12CC[C@@](C)(O)C[C@@H]1CC[C@H]1[C@@H]3CC[C@H](C(C)=O)[C@@]3(C)CC[C@@H]12. The van der Waals surface area contributed by atoms with E-state index in [0.29, 0.717) is 17.1 Å². The Balaban J connectivity index is 1.64. The maximum atomic E-state index is 12.3. The summed E-state index contributed by atoms with van der Waals surface area (Å²) < 4.78 is 0. The minimum Gasteiger partial charge on any atom is -0.390 e. The molecule has 0 aromatic carbocycles. The van der Waals surface area contributed by atoms with Crippen molar-refractivity contribution in [3.63, 3.8) is 0 Å². The molecule has 0 aliphatic heterocycles. The second kappa shape index (κ2) is 5.81. The molecule has 0 amide bonds. The van der Waals surface area contributed by atoms with Crippen LogP contribution in [0.15, 0.2) is 0 Å². The molecule has 4 aliphatic rings. The average molecular weight is 347 g/mol. The number of hydrogen-bond acceptors (Lipinski definition) is 2. The third-order valence-corrected chi connectivity index (χ3v) is 9.80. The molecule has 0 radical (unpaired) electrons. The Kier molecular flexibility index (Phi) is 4.19. The van der Waals surface area contributed by atoms with Crippen LogP contribution in [0.25, 0.3) is 0 Å². The summed E-state index contributed by atoms with van der Waals surface area (Å²) in [6.45, 7) is 8.75. The molecule has 25 heavy (non-hydrogen) atoms. The van der Waals surface area contributed by atoms with Crippen LogP contribution in [-0.2, 0) is 4.79 Å². The van der Waals surface area contributed by atoms with E-state index in [4.69, 9.17) is 0 Å². The Hall–Kier alpha value is -0.370. The Bertz CT molecular complexity index is 552. The molecule has 142 valence electrons. The van der Waals surface area contributed by atoms with Gasteiger partial charge in [0.25, 0.3) is 0 Å². The van der Waals surface area contributed by atoms with Crippen molar-refractivity contribution >= 4 is 5.78 Å². The van der Waals surface area contributed by atoms with Gasteiger partial charge in [-0.05, 0) is 113 Å². The highest BCUT2D eigenvalue weighted by molar-refractivity contribution is 5.79. The fraction of sp³-hybridized carbons (Fsp3) is 0.957. The minimum absolute atomic E-state index is 0.273. The molecule has 4 rings (SSSR count). The number of Topliss-reactive ketones (excluding diaryl/α,β-unsaturated/α-hetero) is 1. The molecule has 2 nitrogen and oxygen atoms in total. The Morgan fingerprint density at radius 2 is 1.76 bits per heavy atom. The lowest BCUT2D eigenvalue weighted by Gasteiger charge is -2.63. The zero-order valence-corrected chi connectivity index (χ0v) is 16.8. The van der Waals surface area contributed by atoms with E-state index in [2.05, 4.69) is 20.8 Å². The third kappa shape index (κ3) is 2.49. The molecule has 0 spiro atoms. The van der Waals surface area contributed by atoms with Gasteiger partial charge in [-0.1, -0.05) is 13.8 Å². The summed E-state index contributed by atoms with van der Waals surface area (Å²) in [4.78, 5) is 12.3. The van der Waals surface area contributed by atoms with E-state index < -0.39 is 5.60 Å². The first kappa shape index (κ1) is 18.0. The van der Waals surface area contributed by atoms with E-state index >= 15 is 0 Å². The van der Waals surface area contributed by atoms with Crippen LogP contribution in [0.4, 0.5) is 0 Å². The van der Waals surface area contributed by atoms with Gasteiger partial charge in [0.15, 0.2) is 0 Å². The lowest BCUT2D eigenvalue weighted by atomic mass is 9.42. The van der Waals surface area contributed by atoms with Gasteiger partial charge in [-0.3, -0.25) is 4.79 Å². The highest BCUT2D eigenvalue weighted by Crippen LogP contribution is 2.68. The van der Waals surface area contributed by atoms with Crippen LogP contribution in [0.5, 0.6) is 0 Å². The summed E-state index contributed by atoms with van der Waals surface area (Å²) in [6.07, 6.45) is 12.2. The largest absolute Gasteiger partial charge is 0.390 e. The van der Waals surface area contributed by atoms with Crippen LogP contribution in [0.3, 0.4) is 0 Å². The normalized spacial score (nSPS) is 55.2. The first-order chi connectivity index (χ1) is 11.7. The van der Waals surface area contributed by atoms with Crippen molar-refractivity contribution < 1.29 is 9.90 Å². The molecular formula is C23H38O2. The fourth-order valence-electron chi connectivity index (χ4n) is 8.61. The molecule has 8 atom stereocenters. The summed E-state index contributed by atoms with van der Waals surface area (Å²) in [7, 11) is 0. The van der Waals surface area contributed by atoms with E-state index in [1.807, 2.05) is 6.92 Å². The van der Waals surface area contributed by atoms with E-state index in [1.54, 1.807) is 0 Å². The lowest BCUT2D eigenvalue weighted by molar-refractivity contribution is -0.158. The van der Waals surface area contributed by atoms with E-state index in [1.165, 1.54) is 44.9 Å². The van der Waals surface area contributed by atoms with Gasteiger partial charge in [-0.2, -0.15) is 0 Å². The van der Waals surface area contributed by atoms with Gasteiger partial charge in [-0.25, -0.2) is 0 Å². The fourth-order valence-corrected chi connectivity index (χ4v) is 8.61. The highest BCUT2D eigenvalue weighted by atomic mass is 16.3. The van der Waals surface area contributed by atoms with Crippen LogP contribution >= 0.6 is 0 Å². The number of aliphatic hydroxyl groups is 1. The number of fused-ring (bicyclic) bond motifs is 5. The van der Waals surface area contributed by atoms with Crippen LogP contribution in [-0.4, -0.2) is 16.5 Å². The van der Waals surface area contributed by atoms with Gasteiger partial charge < -0.3 is 5.11 Å². The lowest BCUT2D eigenvalue weighted by Crippen LogP contribution is -2.56. The van der Waals surface area contributed by atoms with E-state index in [9.17, 15) is 9.90 Å². The van der Waals surface area contributed by atoms with Crippen molar-refractivity contribution in [3.8, 4) is 0 Å². The molecule has 2 heteroatoms. The van der Waals surface area contributed by atoms with Gasteiger partial charge in [0.1, 0.15) is 5.78 Å². The van der Waals surface area contributed by atoms with Crippen molar-refractivity contribution in [2.45, 2.75) is 97.5 Å². The molecule has 0 bridgehead atoms. The summed E-state index contributed by atoms with van der Waals surface area (Å²) in [5.41, 5.74) is 0.308. The van der Waals surface area contributed by atoms with Crippen LogP contribution in [0.2, 0.25) is 0 Å². The maximum absolute atomic E-state index is 12.3. The first-order valence-electron chi connectivity index (χ1n) is 11.0. The zero-order chi connectivity index (χ0) is 18.0. The number of rotatable bonds is 2. The Morgan fingerprint density at radius 3 is 2.44 bits per heavy atom. The van der Waals surface area contributed by atoms with Gasteiger partial charge in [0, 0.05) is 5.92 Å². The van der Waals surface area contributed by atoms with E-state index in [0.717, 1.165) is 42.9 Å². The number of hydrogen-bond donors (Lipinski definition) is 1. The predicted molar refractivity (Wildman–Crippen MR) is 101 cm³/mol. The highest BCUT2D eigenvalue weighted by Gasteiger charge is 2.62. The molecule has 0 heterocycles. The molecule has 4 fully saturated rings. The van der Waals surface area contributed by atoms with Gasteiger partial charge in [0.05, 0.1) is 5.60 Å². The van der Waals surface area contributed by atoms with Gasteiger partial charge in [-0.15, -0.1) is 0 Å². The number of carbonyl (C=O) groups is 1. The molecule has 4 aliphatic carbocycles. The summed E-state index contributed by atoms with van der Waals surface area (Å²) in [5, 5.41) is 10.7. The molecule has 4 saturated carbocycles. The Morgan fingerprint density at radius 1 is 1.00 bits per heavy atom.